The zero-order chi connectivity index (χ0) is 9.14. The fourth-order valence-electron chi connectivity index (χ4n) is 0.981. The van der Waals surface area contributed by atoms with Gasteiger partial charge < -0.3 is 0 Å². The van der Waals surface area contributed by atoms with Gasteiger partial charge in [0.1, 0.15) is 6.07 Å². The molecule has 1 nitrogen and oxygen atoms in total. The topological polar surface area (TPSA) is 23.8 Å². The number of rotatable bonds is 1. The second-order valence-corrected chi connectivity index (χ2v) is 4.17. The van der Waals surface area contributed by atoms with Gasteiger partial charge >= 0.3 is 0 Å². The summed E-state index contributed by atoms with van der Waals surface area (Å²) in [4.78, 5) is 0. The minimum Gasteiger partial charge on any atom is -0.192 e. The minimum atomic E-state index is 0.534. The third-order valence-electron chi connectivity index (χ3n) is 1.78. The van der Waals surface area contributed by atoms with E-state index >= 15 is 0 Å². The van der Waals surface area contributed by atoms with Gasteiger partial charge in [-0.3, -0.25) is 0 Å². The van der Waals surface area contributed by atoms with Crippen molar-refractivity contribution >= 4 is 22.6 Å². The minimum absolute atomic E-state index is 0.534. The molecule has 0 bridgehead atoms. The van der Waals surface area contributed by atoms with Crippen LogP contribution in [0.5, 0.6) is 0 Å². The molecule has 0 N–H and O–H groups in total. The van der Waals surface area contributed by atoms with E-state index in [0.717, 1.165) is 9.13 Å². The monoisotopic (exact) mass is 271 g/mol. The van der Waals surface area contributed by atoms with Crippen LogP contribution >= 0.6 is 22.6 Å². The van der Waals surface area contributed by atoms with E-state index in [1.54, 1.807) is 0 Å². The van der Waals surface area contributed by atoms with E-state index in [9.17, 15) is 0 Å². The van der Waals surface area contributed by atoms with Crippen LogP contribution in [0.1, 0.15) is 30.9 Å². The molecule has 0 aliphatic heterocycles. The lowest BCUT2D eigenvalue weighted by Gasteiger charge is -2.05. The molecule has 62 valence electrons. The van der Waals surface area contributed by atoms with E-state index in [2.05, 4.69) is 48.6 Å². The predicted molar refractivity (Wildman–Crippen MR) is 58.0 cm³/mol. The molecule has 0 unspecified atom stereocenters. The Balaban J connectivity index is 3.12. The zero-order valence-corrected chi connectivity index (χ0v) is 9.29. The second kappa shape index (κ2) is 3.90. The molecule has 12 heavy (non-hydrogen) atoms. The van der Waals surface area contributed by atoms with Gasteiger partial charge in [-0.25, -0.2) is 0 Å². The third-order valence-corrected chi connectivity index (χ3v) is 2.67. The lowest BCUT2D eigenvalue weighted by atomic mass is 10.0. The predicted octanol–water partition coefficient (Wildman–Crippen LogP) is 3.29. The first kappa shape index (κ1) is 9.53. The average molecular weight is 271 g/mol. The second-order valence-electron chi connectivity index (χ2n) is 3.01. The first-order valence-electron chi connectivity index (χ1n) is 3.84. The highest BCUT2D eigenvalue weighted by Gasteiger charge is 2.02. The molecule has 0 fully saturated rings. The SMILES string of the molecule is CC(C)c1ccc(C#N)c(I)c1. The number of benzene rings is 1. The van der Waals surface area contributed by atoms with Crippen molar-refractivity contribution < 1.29 is 0 Å². The van der Waals surface area contributed by atoms with Crippen LogP contribution < -0.4 is 0 Å². The summed E-state index contributed by atoms with van der Waals surface area (Å²) in [5.41, 5.74) is 2.05. The Morgan fingerprint density at radius 1 is 1.42 bits per heavy atom. The molecule has 1 rings (SSSR count). The Bertz CT molecular complexity index is 323. The van der Waals surface area contributed by atoms with Crippen LogP contribution in [0.2, 0.25) is 0 Å². The lowest BCUT2D eigenvalue weighted by molar-refractivity contribution is 0.865. The maximum Gasteiger partial charge on any atom is 0.100 e. The molecule has 0 saturated carbocycles. The smallest absolute Gasteiger partial charge is 0.100 e. The van der Waals surface area contributed by atoms with Crippen molar-refractivity contribution in [2.24, 2.45) is 0 Å². The zero-order valence-electron chi connectivity index (χ0n) is 7.13. The van der Waals surface area contributed by atoms with Crippen LogP contribution in [-0.4, -0.2) is 0 Å². The standard InChI is InChI=1S/C10H10IN/c1-7(2)8-3-4-9(6-12)10(11)5-8/h3-5,7H,1-2H3. The number of hydrogen-bond donors (Lipinski definition) is 0. The van der Waals surface area contributed by atoms with Crippen molar-refractivity contribution in [3.63, 3.8) is 0 Å². The Morgan fingerprint density at radius 2 is 2.08 bits per heavy atom. The fourth-order valence-corrected chi connectivity index (χ4v) is 1.64. The van der Waals surface area contributed by atoms with E-state index in [1.807, 2.05) is 12.1 Å². The summed E-state index contributed by atoms with van der Waals surface area (Å²) in [5.74, 6) is 0.534. The molecule has 1 aromatic rings. The fraction of sp³-hybridized carbons (Fsp3) is 0.300. The van der Waals surface area contributed by atoms with E-state index in [-0.39, 0.29) is 0 Å². The van der Waals surface area contributed by atoms with Gasteiger partial charge in [-0.15, -0.1) is 0 Å². The van der Waals surface area contributed by atoms with Crippen LogP contribution in [0, 0.1) is 14.9 Å². The van der Waals surface area contributed by atoms with E-state index < -0.39 is 0 Å². The highest BCUT2D eigenvalue weighted by Crippen LogP contribution is 2.19. The summed E-state index contributed by atoms with van der Waals surface area (Å²) < 4.78 is 1.04. The van der Waals surface area contributed by atoms with Crippen molar-refractivity contribution in [3.05, 3.63) is 32.9 Å². The molecule has 0 spiro atoms. The van der Waals surface area contributed by atoms with E-state index in [0.29, 0.717) is 5.92 Å². The van der Waals surface area contributed by atoms with Gasteiger partial charge in [0.15, 0.2) is 0 Å². The van der Waals surface area contributed by atoms with Crippen LogP contribution in [0.4, 0.5) is 0 Å². The Kier molecular flexibility index (Phi) is 3.10. The van der Waals surface area contributed by atoms with Crippen molar-refractivity contribution in [1.82, 2.24) is 0 Å². The molecule has 0 radical (unpaired) electrons. The number of hydrogen-bond acceptors (Lipinski definition) is 1. The van der Waals surface area contributed by atoms with Gasteiger partial charge in [0.2, 0.25) is 0 Å². The third kappa shape index (κ3) is 1.98. The van der Waals surface area contributed by atoms with Crippen molar-refractivity contribution in [3.8, 4) is 6.07 Å². The van der Waals surface area contributed by atoms with Gasteiger partial charge in [-0.05, 0) is 46.2 Å². The van der Waals surface area contributed by atoms with Crippen LogP contribution in [0.15, 0.2) is 18.2 Å². The summed E-state index contributed by atoms with van der Waals surface area (Å²) in [6, 6.07) is 8.13. The first-order valence-corrected chi connectivity index (χ1v) is 4.92. The number of nitrogens with zero attached hydrogens (tertiary/aromatic N) is 1. The molecule has 0 aliphatic carbocycles. The molecule has 0 saturated heterocycles. The normalized spacial score (nSPS) is 9.92. The Morgan fingerprint density at radius 3 is 2.50 bits per heavy atom. The van der Waals surface area contributed by atoms with Crippen LogP contribution in [0.25, 0.3) is 0 Å². The van der Waals surface area contributed by atoms with E-state index in [4.69, 9.17) is 5.26 Å². The van der Waals surface area contributed by atoms with Gasteiger partial charge in [-0.2, -0.15) is 5.26 Å². The number of halogens is 1. The van der Waals surface area contributed by atoms with Crippen LogP contribution in [0.3, 0.4) is 0 Å². The highest BCUT2D eigenvalue weighted by atomic mass is 127. The number of nitriles is 1. The largest absolute Gasteiger partial charge is 0.192 e. The molecular weight excluding hydrogens is 261 g/mol. The maximum absolute atomic E-state index is 8.69. The van der Waals surface area contributed by atoms with Crippen LogP contribution in [-0.2, 0) is 0 Å². The Labute approximate surface area is 86.5 Å². The average Bonchev–Trinajstić information content (AvgIpc) is 2.04. The molecular formula is C10H10IN. The summed E-state index contributed by atoms with van der Waals surface area (Å²) in [6.07, 6.45) is 0. The van der Waals surface area contributed by atoms with Gasteiger partial charge in [0, 0.05) is 3.57 Å². The Hall–Kier alpha value is -0.560. The van der Waals surface area contributed by atoms with Gasteiger partial charge in [0.25, 0.3) is 0 Å². The van der Waals surface area contributed by atoms with Crippen molar-refractivity contribution in [2.45, 2.75) is 19.8 Å². The van der Waals surface area contributed by atoms with Crippen molar-refractivity contribution in [2.75, 3.05) is 0 Å². The van der Waals surface area contributed by atoms with Crippen molar-refractivity contribution in [1.29, 1.82) is 5.26 Å². The summed E-state index contributed by atoms with van der Waals surface area (Å²) in [5, 5.41) is 8.69. The summed E-state index contributed by atoms with van der Waals surface area (Å²) in [7, 11) is 0. The molecule has 0 amide bonds. The van der Waals surface area contributed by atoms with Gasteiger partial charge in [0.05, 0.1) is 5.56 Å². The molecule has 0 atom stereocenters. The summed E-state index contributed by atoms with van der Waals surface area (Å²) >= 11 is 2.20. The molecule has 1 aromatic carbocycles. The molecule has 0 aliphatic rings. The lowest BCUT2D eigenvalue weighted by Crippen LogP contribution is -1.89. The molecule has 0 aromatic heterocycles. The van der Waals surface area contributed by atoms with E-state index in [1.165, 1.54) is 5.56 Å². The summed E-state index contributed by atoms with van der Waals surface area (Å²) in [6.45, 7) is 4.30. The molecule has 2 heteroatoms. The quantitative estimate of drug-likeness (QED) is 0.719. The van der Waals surface area contributed by atoms with Gasteiger partial charge in [-0.1, -0.05) is 19.9 Å². The first-order chi connectivity index (χ1) is 5.65. The molecule has 0 heterocycles. The maximum atomic E-state index is 8.69. The highest BCUT2D eigenvalue weighted by molar-refractivity contribution is 14.1.